The van der Waals surface area contributed by atoms with Crippen molar-refractivity contribution in [3.05, 3.63) is 33.8 Å². The van der Waals surface area contributed by atoms with Crippen molar-refractivity contribution in [1.29, 1.82) is 0 Å². The summed E-state index contributed by atoms with van der Waals surface area (Å²) in [5.41, 5.74) is 2.99. The van der Waals surface area contributed by atoms with Gasteiger partial charge in [0, 0.05) is 43.2 Å². The number of ether oxygens (including phenoxy) is 1. The molecule has 1 saturated heterocycles. The first-order valence-electron chi connectivity index (χ1n) is 7.54. The van der Waals surface area contributed by atoms with Gasteiger partial charge in [-0.1, -0.05) is 28.1 Å². The number of hydrogen-bond acceptors (Lipinski definition) is 3. The van der Waals surface area contributed by atoms with E-state index in [1.165, 1.54) is 15.6 Å². The average Bonchev–Trinajstić information content (AvgIpc) is 2.47. The molecule has 1 aromatic carbocycles. The zero-order valence-corrected chi connectivity index (χ0v) is 13.7. The molecule has 3 rings (SSSR count). The zero-order valence-electron chi connectivity index (χ0n) is 12.1. The van der Waals surface area contributed by atoms with Gasteiger partial charge in [-0.25, -0.2) is 0 Å². The lowest BCUT2D eigenvalue weighted by atomic mass is 9.95. The minimum atomic E-state index is 0.627. The van der Waals surface area contributed by atoms with E-state index >= 15 is 0 Å². The van der Waals surface area contributed by atoms with Crippen molar-refractivity contribution in [2.75, 3.05) is 39.4 Å². The van der Waals surface area contributed by atoms with Crippen LogP contribution in [-0.2, 0) is 17.7 Å². The van der Waals surface area contributed by atoms with E-state index in [4.69, 9.17) is 4.74 Å². The predicted octanol–water partition coefficient (Wildman–Crippen LogP) is 2.53. The van der Waals surface area contributed by atoms with Crippen molar-refractivity contribution in [1.82, 2.24) is 9.80 Å². The minimum absolute atomic E-state index is 0.627. The van der Waals surface area contributed by atoms with Gasteiger partial charge in [-0.05, 0) is 30.5 Å². The topological polar surface area (TPSA) is 15.7 Å². The second kappa shape index (κ2) is 6.56. The summed E-state index contributed by atoms with van der Waals surface area (Å²) in [7, 11) is 0. The van der Waals surface area contributed by atoms with Crippen LogP contribution in [0.5, 0.6) is 0 Å². The van der Waals surface area contributed by atoms with E-state index in [9.17, 15) is 0 Å². The van der Waals surface area contributed by atoms with Gasteiger partial charge in [0.25, 0.3) is 0 Å². The van der Waals surface area contributed by atoms with E-state index in [1.807, 2.05) is 0 Å². The first-order valence-corrected chi connectivity index (χ1v) is 8.34. The highest BCUT2D eigenvalue weighted by atomic mass is 79.9. The fourth-order valence-corrected chi connectivity index (χ4v) is 3.74. The summed E-state index contributed by atoms with van der Waals surface area (Å²) in [6.45, 7) is 9.72. The van der Waals surface area contributed by atoms with Crippen LogP contribution in [-0.4, -0.2) is 55.2 Å². The van der Waals surface area contributed by atoms with Crippen molar-refractivity contribution in [2.45, 2.75) is 25.9 Å². The quantitative estimate of drug-likeness (QED) is 0.842. The molecule has 3 nitrogen and oxygen atoms in total. The maximum atomic E-state index is 5.41. The van der Waals surface area contributed by atoms with Gasteiger partial charge in [-0.15, -0.1) is 0 Å². The van der Waals surface area contributed by atoms with Gasteiger partial charge < -0.3 is 4.74 Å². The number of rotatable bonds is 3. The molecule has 2 aliphatic rings. The summed E-state index contributed by atoms with van der Waals surface area (Å²) in [6.07, 6.45) is 1.15. The Bertz CT molecular complexity index is 460. The summed E-state index contributed by atoms with van der Waals surface area (Å²) in [4.78, 5) is 5.14. The van der Waals surface area contributed by atoms with Crippen LogP contribution in [0.2, 0.25) is 0 Å². The molecule has 1 aromatic rings. The molecule has 0 bridgehead atoms. The molecule has 0 aliphatic carbocycles. The largest absolute Gasteiger partial charge is 0.379 e. The van der Waals surface area contributed by atoms with E-state index in [-0.39, 0.29) is 0 Å². The fourth-order valence-electron chi connectivity index (χ4n) is 3.17. The van der Waals surface area contributed by atoms with Gasteiger partial charge >= 0.3 is 0 Å². The molecule has 0 aromatic heterocycles. The van der Waals surface area contributed by atoms with Crippen LogP contribution in [0.4, 0.5) is 0 Å². The average molecular weight is 339 g/mol. The second-order valence-corrected chi connectivity index (χ2v) is 6.71. The van der Waals surface area contributed by atoms with Crippen molar-refractivity contribution in [2.24, 2.45) is 0 Å². The van der Waals surface area contributed by atoms with Crippen molar-refractivity contribution in [3.63, 3.8) is 0 Å². The maximum Gasteiger partial charge on any atom is 0.0594 e. The molecule has 2 heterocycles. The Kier molecular flexibility index (Phi) is 4.76. The van der Waals surface area contributed by atoms with Gasteiger partial charge in [0.1, 0.15) is 0 Å². The molecule has 0 saturated carbocycles. The molecule has 0 N–H and O–H groups in total. The zero-order chi connectivity index (χ0) is 13.9. The Morgan fingerprint density at radius 3 is 2.85 bits per heavy atom. The molecule has 0 radical (unpaired) electrons. The molecule has 1 unspecified atom stereocenters. The Hall–Kier alpha value is -0.420. The van der Waals surface area contributed by atoms with E-state index < -0.39 is 0 Å². The Labute approximate surface area is 130 Å². The van der Waals surface area contributed by atoms with E-state index in [1.54, 1.807) is 0 Å². The number of morpholine rings is 1. The lowest BCUT2D eigenvalue weighted by Crippen LogP contribution is -2.45. The Morgan fingerprint density at radius 2 is 2.05 bits per heavy atom. The smallest absolute Gasteiger partial charge is 0.0594 e. The summed E-state index contributed by atoms with van der Waals surface area (Å²) < 4.78 is 6.68. The normalized spacial score (nSPS) is 24.6. The number of hydrogen-bond donors (Lipinski definition) is 0. The van der Waals surface area contributed by atoms with Crippen LogP contribution in [0, 0.1) is 0 Å². The van der Waals surface area contributed by atoms with Crippen molar-refractivity contribution < 1.29 is 4.74 Å². The molecule has 2 aliphatic heterocycles. The third kappa shape index (κ3) is 3.25. The minimum Gasteiger partial charge on any atom is -0.379 e. The van der Waals surface area contributed by atoms with Gasteiger partial charge in [-0.2, -0.15) is 0 Å². The molecule has 1 fully saturated rings. The maximum absolute atomic E-state index is 5.41. The first kappa shape index (κ1) is 14.5. The molecular formula is C16H23BrN2O. The summed E-state index contributed by atoms with van der Waals surface area (Å²) in [6, 6.07) is 7.21. The predicted molar refractivity (Wildman–Crippen MR) is 85.0 cm³/mol. The summed E-state index contributed by atoms with van der Waals surface area (Å²) in [5.74, 6) is 0. The first-order chi connectivity index (χ1) is 9.74. The molecule has 0 spiro atoms. The van der Waals surface area contributed by atoms with E-state index in [2.05, 4.69) is 50.9 Å². The van der Waals surface area contributed by atoms with Crippen LogP contribution >= 0.6 is 15.9 Å². The van der Waals surface area contributed by atoms with Crippen LogP contribution in [0.25, 0.3) is 0 Å². The monoisotopic (exact) mass is 338 g/mol. The highest BCUT2D eigenvalue weighted by Crippen LogP contribution is 2.29. The molecule has 110 valence electrons. The number of benzene rings is 1. The van der Waals surface area contributed by atoms with Gasteiger partial charge in [-0.3, -0.25) is 9.80 Å². The summed E-state index contributed by atoms with van der Waals surface area (Å²) in [5, 5.41) is 0. The summed E-state index contributed by atoms with van der Waals surface area (Å²) >= 11 is 3.69. The van der Waals surface area contributed by atoms with Gasteiger partial charge in [0.2, 0.25) is 0 Å². The van der Waals surface area contributed by atoms with Gasteiger partial charge in [0.05, 0.1) is 13.2 Å². The SMILES string of the molecule is CC1Cc2c(Br)cccc2CN1CCN1CCOCC1. The van der Waals surface area contributed by atoms with Crippen LogP contribution in [0.1, 0.15) is 18.1 Å². The number of fused-ring (bicyclic) bond motifs is 1. The third-order valence-corrected chi connectivity index (χ3v) is 5.26. The molecular weight excluding hydrogens is 316 g/mol. The van der Waals surface area contributed by atoms with Gasteiger partial charge in [0.15, 0.2) is 0 Å². The molecule has 4 heteroatoms. The van der Waals surface area contributed by atoms with Crippen LogP contribution in [0.15, 0.2) is 22.7 Å². The van der Waals surface area contributed by atoms with Crippen LogP contribution in [0.3, 0.4) is 0 Å². The second-order valence-electron chi connectivity index (χ2n) is 5.86. The standard InChI is InChI=1S/C16H23BrN2O/c1-13-11-15-14(3-2-4-16(15)17)12-19(13)6-5-18-7-9-20-10-8-18/h2-4,13H,5-12H2,1H3. The third-order valence-electron chi connectivity index (χ3n) is 4.52. The lowest BCUT2D eigenvalue weighted by molar-refractivity contribution is 0.0299. The lowest BCUT2D eigenvalue weighted by Gasteiger charge is -2.37. The highest BCUT2D eigenvalue weighted by molar-refractivity contribution is 9.10. The van der Waals surface area contributed by atoms with Crippen molar-refractivity contribution in [3.8, 4) is 0 Å². The Balaban J connectivity index is 1.60. The molecule has 1 atom stereocenters. The Morgan fingerprint density at radius 1 is 1.25 bits per heavy atom. The number of halogens is 1. The van der Waals surface area contributed by atoms with E-state index in [0.29, 0.717) is 6.04 Å². The fraction of sp³-hybridized carbons (Fsp3) is 0.625. The highest BCUT2D eigenvalue weighted by Gasteiger charge is 2.24. The van der Waals surface area contributed by atoms with Crippen molar-refractivity contribution >= 4 is 15.9 Å². The molecule has 20 heavy (non-hydrogen) atoms. The molecule has 0 amide bonds. The van der Waals surface area contributed by atoms with Crippen LogP contribution < -0.4 is 0 Å². The van der Waals surface area contributed by atoms with E-state index in [0.717, 1.165) is 52.4 Å². The number of nitrogens with zero attached hydrogens (tertiary/aromatic N) is 2.